The van der Waals surface area contributed by atoms with E-state index in [-0.39, 0.29) is 18.2 Å². The Morgan fingerprint density at radius 2 is 1.79 bits per heavy atom. The molecule has 0 saturated heterocycles. The van der Waals surface area contributed by atoms with E-state index in [2.05, 4.69) is 0 Å². The third-order valence-electron chi connectivity index (χ3n) is 4.10. The van der Waals surface area contributed by atoms with E-state index in [4.69, 9.17) is 18.6 Å². The van der Waals surface area contributed by atoms with Gasteiger partial charge in [0.15, 0.2) is 17.3 Å². The normalized spacial score (nSPS) is 12.9. The predicted molar refractivity (Wildman–Crippen MR) is 100 cm³/mol. The van der Waals surface area contributed by atoms with Gasteiger partial charge in [-0.15, -0.1) is 0 Å². The van der Waals surface area contributed by atoms with E-state index in [0.717, 1.165) is 0 Å². The Balaban J connectivity index is 1.37. The van der Waals surface area contributed by atoms with Crippen LogP contribution in [0.1, 0.15) is 21.9 Å². The SMILES string of the molecule is O=C(/C=C/c1ccc(COc2ccc(F)cc2)o1)c1ccc2c(c1)OCCO2. The van der Waals surface area contributed by atoms with E-state index in [1.807, 2.05) is 0 Å². The summed E-state index contributed by atoms with van der Waals surface area (Å²) < 4.78 is 35.0. The van der Waals surface area contributed by atoms with Crippen molar-refractivity contribution in [2.75, 3.05) is 13.2 Å². The van der Waals surface area contributed by atoms with Crippen LogP contribution in [0.15, 0.2) is 65.1 Å². The van der Waals surface area contributed by atoms with Gasteiger partial charge in [-0.3, -0.25) is 4.79 Å². The lowest BCUT2D eigenvalue weighted by Gasteiger charge is -2.18. The summed E-state index contributed by atoms with van der Waals surface area (Å²) in [5.74, 6) is 2.40. The fourth-order valence-electron chi connectivity index (χ4n) is 2.70. The molecule has 0 radical (unpaired) electrons. The molecule has 1 aliphatic rings. The average molecular weight is 380 g/mol. The van der Waals surface area contributed by atoms with Gasteiger partial charge < -0.3 is 18.6 Å². The molecule has 1 aromatic heterocycles. The van der Waals surface area contributed by atoms with Gasteiger partial charge in [-0.2, -0.15) is 0 Å². The van der Waals surface area contributed by atoms with Gasteiger partial charge in [0.25, 0.3) is 0 Å². The highest BCUT2D eigenvalue weighted by Crippen LogP contribution is 2.31. The second-order valence-electron chi connectivity index (χ2n) is 6.10. The lowest BCUT2D eigenvalue weighted by molar-refractivity contribution is 0.104. The van der Waals surface area contributed by atoms with Crippen molar-refractivity contribution in [3.05, 3.63) is 83.6 Å². The molecule has 2 heterocycles. The third-order valence-corrected chi connectivity index (χ3v) is 4.10. The highest BCUT2D eigenvalue weighted by Gasteiger charge is 2.13. The Kier molecular flexibility index (Phi) is 5.10. The quantitative estimate of drug-likeness (QED) is 0.460. The van der Waals surface area contributed by atoms with Crippen LogP contribution in [-0.2, 0) is 6.61 Å². The summed E-state index contributed by atoms with van der Waals surface area (Å²) >= 11 is 0. The third kappa shape index (κ3) is 4.23. The maximum atomic E-state index is 12.9. The van der Waals surface area contributed by atoms with E-state index in [1.165, 1.54) is 18.2 Å². The fraction of sp³-hybridized carbons (Fsp3) is 0.136. The molecule has 0 amide bonds. The topological polar surface area (TPSA) is 57.9 Å². The Labute approximate surface area is 161 Å². The number of hydrogen-bond acceptors (Lipinski definition) is 5. The average Bonchev–Trinajstić information content (AvgIpc) is 3.19. The Morgan fingerprint density at radius 3 is 2.61 bits per heavy atom. The number of rotatable bonds is 6. The van der Waals surface area contributed by atoms with Crippen molar-refractivity contribution < 1.29 is 27.8 Å². The number of carbonyl (C=O) groups is 1. The van der Waals surface area contributed by atoms with Gasteiger partial charge in [0.1, 0.15) is 42.9 Å². The van der Waals surface area contributed by atoms with Gasteiger partial charge in [-0.1, -0.05) is 0 Å². The summed E-state index contributed by atoms with van der Waals surface area (Å²) in [6.45, 7) is 1.18. The molecule has 0 fully saturated rings. The van der Waals surface area contributed by atoms with Gasteiger partial charge in [-0.05, 0) is 66.7 Å². The molecule has 0 aliphatic carbocycles. The van der Waals surface area contributed by atoms with Crippen LogP contribution in [0.25, 0.3) is 6.08 Å². The number of furan rings is 1. The van der Waals surface area contributed by atoms with E-state index in [9.17, 15) is 9.18 Å². The standard InChI is InChI=1S/C22H17FO5/c23-16-2-4-17(5-3-16)27-14-19-7-6-18(28-19)8-9-20(24)15-1-10-21-22(13-15)26-12-11-25-21/h1-10,13H,11-12,14H2/b9-8+. The van der Waals surface area contributed by atoms with Crippen molar-refractivity contribution >= 4 is 11.9 Å². The molecular weight excluding hydrogens is 363 g/mol. The molecule has 0 spiro atoms. The molecule has 4 rings (SSSR count). The van der Waals surface area contributed by atoms with E-state index in [0.29, 0.717) is 47.5 Å². The maximum Gasteiger partial charge on any atom is 0.186 e. The fourth-order valence-corrected chi connectivity index (χ4v) is 2.70. The minimum absolute atomic E-state index is 0.169. The summed E-state index contributed by atoms with van der Waals surface area (Å²) in [6, 6.07) is 14.4. The van der Waals surface area contributed by atoms with Crippen LogP contribution in [0.2, 0.25) is 0 Å². The van der Waals surface area contributed by atoms with Crippen molar-refractivity contribution in [2.45, 2.75) is 6.61 Å². The Bertz CT molecular complexity index is 1000. The summed E-state index contributed by atoms with van der Waals surface area (Å²) in [5.41, 5.74) is 0.506. The van der Waals surface area contributed by atoms with Crippen LogP contribution in [-0.4, -0.2) is 19.0 Å². The summed E-state index contributed by atoms with van der Waals surface area (Å²) in [4.78, 5) is 12.4. The Hall–Kier alpha value is -3.54. The number of allylic oxidation sites excluding steroid dienone is 1. The second kappa shape index (κ2) is 8.00. The first-order valence-corrected chi connectivity index (χ1v) is 8.76. The molecule has 0 bridgehead atoms. The molecule has 1 aliphatic heterocycles. The monoisotopic (exact) mass is 380 g/mol. The highest BCUT2D eigenvalue weighted by atomic mass is 19.1. The zero-order valence-electron chi connectivity index (χ0n) is 14.9. The lowest BCUT2D eigenvalue weighted by Crippen LogP contribution is -2.15. The molecule has 3 aromatic rings. The zero-order valence-corrected chi connectivity index (χ0v) is 14.9. The summed E-state index contributed by atoms with van der Waals surface area (Å²) in [5, 5.41) is 0. The first-order valence-electron chi connectivity index (χ1n) is 8.76. The molecule has 28 heavy (non-hydrogen) atoms. The van der Waals surface area contributed by atoms with Crippen molar-refractivity contribution in [3.63, 3.8) is 0 Å². The molecule has 142 valence electrons. The summed E-state index contributed by atoms with van der Waals surface area (Å²) in [6.07, 6.45) is 3.04. The largest absolute Gasteiger partial charge is 0.486 e. The molecule has 0 atom stereocenters. The minimum Gasteiger partial charge on any atom is -0.486 e. The molecule has 0 unspecified atom stereocenters. The first kappa shape index (κ1) is 17.9. The number of carbonyl (C=O) groups excluding carboxylic acids is 1. The molecule has 2 aromatic carbocycles. The van der Waals surface area contributed by atoms with E-state index in [1.54, 1.807) is 48.5 Å². The number of halogens is 1. The van der Waals surface area contributed by atoms with Crippen molar-refractivity contribution in [1.29, 1.82) is 0 Å². The van der Waals surface area contributed by atoms with Crippen molar-refractivity contribution in [2.24, 2.45) is 0 Å². The number of fused-ring (bicyclic) bond motifs is 1. The van der Waals surface area contributed by atoms with Crippen LogP contribution < -0.4 is 14.2 Å². The van der Waals surface area contributed by atoms with Crippen molar-refractivity contribution in [1.82, 2.24) is 0 Å². The van der Waals surface area contributed by atoms with Crippen LogP contribution in [0.5, 0.6) is 17.2 Å². The van der Waals surface area contributed by atoms with Gasteiger partial charge in [-0.25, -0.2) is 4.39 Å². The summed E-state index contributed by atoms with van der Waals surface area (Å²) in [7, 11) is 0. The highest BCUT2D eigenvalue weighted by molar-refractivity contribution is 6.07. The predicted octanol–water partition coefficient (Wildman–Crippen LogP) is 4.67. The van der Waals surface area contributed by atoms with Crippen molar-refractivity contribution in [3.8, 4) is 17.2 Å². The second-order valence-corrected chi connectivity index (χ2v) is 6.10. The number of benzene rings is 2. The van der Waals surface area contributed by atoms with Gasteiger partial charge in [0.05, 0.1) is 0 Å². The Morgan fingerprint density at radius 1 is 1.00 bits per heavy atom. The lowest BCUT2D eigenvalue weighted by atomic mass is 10.1. The van der Waals surface area contributed by atoms with Gasteiger partial charge in [0, 0.05) is 5.56 Å². The maximum absolute atomic E-state index is 12.9. The van der Waals surface area contributed by atoms with Crippen LogP contribution in [0.4, 0.5) is 4.39 Å². The molecular formula is C22H17FO5. The number of ketones is 1. The number of hydrogen-bond donors (Lipinski definition) is 0. The van der Waals surface area contributed by atoms with E-state index < -0.39 is 0 Å². The molecule has 0 N–H and O–H groups in total. The smallest absolute Gasteiger partial charge is 0.186 e. The minimum atomic E-state index is -0.319. The van der Waals surface area contributed by atoms with Crippen LogP contribution >= 0.6 is 0 Å². The van der Waals surface area contributed by atoms with Gasteiger partial charge >= 0.3 is 0 Å². The first-order chi connectivity index (χ1) is 13.7. The van der Waals surface area contributed by atoms with Gasteiger partial charge in [0.2, 0.25) is 0 Å². The zero-order chi connectivity index (χ0) is 19.3. The van der Waals surface area contributed by atoms with E-state index >= 15 is 0 Å². The number of ether oxygens (including phenoxy) is 3. The molecule has 0 saturated carbocycles. The molecule has 6 heteroatoms. The van der Waals surface area contributed by atoms with Crippen LogP contribution in [0.3, 0.4) is 0 Å². The molecule has 5 nitrogen and oxygen atoms in total. The van der Waals surface area contributed by atoms with Crippen LogP contribution in [0, 0.1) is 5.82 Å².